The molecule has 0 amide bonds. The van der Waals surface area contributed by atoms with Crippen molar-refractivity contribution < 1.29 is 42.7 Å². The first-order valence-electron chi connectivity index (χ1n) is 17.9. The Labute approximate surface area is 279 Å². The monoisotopic (exact) mass is 675 g/mol. The Kier molecular flexibility index (Phi) is 30.9. The highest BCUT2D eigenvalue weighted by Gasteiger charge is 2.27. The van der Waals surface area contributed by atoms with Crippen molar-refractivity contribution in [3.63, 3.8) is 0 Å². The van der Waals surface area contributed by atoms with Crippen LogP contribution in [0.25, 0.3) is 0 Å². The average Bonchev–Trinajstić information content (AvgIpc) is 3.03. The smallest absolute Gasteiger partial charge is 0.472 e. The molecule has 270 valence electrons. The highest BCUT2D eigenvalue weighted by molar-refractivity contribution is 7.47. The molecule has 0 aliphatic carbocycles. The highest BCUT2D eigenvalue weighted by atomic mass is 31.2. The molecule has 0 aromatic rings. The fourth-order valence-electron chi connectivity index (χ4n) is 4.63. The summed E-state index contributed by atoms with van der Waals surface area (Å²) in [6.45, 7) is 3.80. The summed E-state index contributed by atoms with van der Waals surface area (Å²) >= 11 is 0. The van der Waals surface area contributed by atoms with Gasteiger partial charge in [-0.2, -0.15) is 0 Å². The van der Waals surface area contributed by atoms with Gasteiger partial charge in [0.1, 0.15) is 12.1 Å². The van der Waals surface area contributed by atoms with Crippen LogP contribution in [0.4, 0.5) is 0 Å². The summed E-state index contributed by atoms with van der Waals surface area (Å²) in [4.78, 5) is 33.3. The van der Waals surface area contributed by atoms with Crippen molar-refractivity contribution >= 4 is 19.8 Å². The number of esters is 1. The van der Waals surface area contributed by atoms with E-state index in [0.717, 1.165) is 57.8 Å². The topological polar surface area (TPSA) is 155 Å². The average molecular weight is 676 g/mol. The molecule has 11 heteroatoms. The van der Waals surface area contributed by atoms with E-state index in [9.17, 15) is 19.0 Å². The number of carboxylic acids is 1. The number of aliphatic carboxylic acids is 1. The lowest BCUT2D eigenvalue weighted by molar-refractivity contribution is -0.154. The van der Waals surface area contributed by atoms with Gasteiger partial charge < -0.3 is 25.2 Å². The van der Waals surface area contributed by atoms with Gasteiger partial charge in [-0.15, -0.1) is 0 Å². The van der Waals surface area contributed by atoms with Gasteiger partial charge in [0.15, 0.2) is 0 Å². The third kappa shape index (κ3) is 31.1. The normalized spacial score (nSPS) is 14.5. The Balaban J connectivity index is 4.34. The van der Waals surface area contributed by atoms with Crippen LogP contribution in [-0.4, -0.2) is 60.5 Å². The summed E-state index contributed by atoms with van der Waals surface area (Å²) in [5.74, 6) is -1.79. The lowest BCUT2D eigenvalue weighted by atomic mass is 10.1. The summed E-state index contributed by atoms with van der Waals surface area (Å²) in [5.41, 5.74) is 5.32. The Morgan fingerprint density at radius 1 is 0.696 bits per heavy atom. The molecule has 4 N–H and O–H groups in total. The zero-order valence-electron chi connectivity index (χ0n) is 28.9. The van der Waals surface area contributed by atoms with Crippen LogP contribution in [0.2, 0.25) is 0 Å². The first-order chi connectivity index (χ1) is 22.2. The lowest BCUT2D eigenvalue weighted by Gasteiger charge is -2.20. The van der Waals surface area contributed by atoms with Gasteiger partial charge in [0, 0.05) is 13.0 Å². The number of phosphoric acid groups is 1. The molecule has 0 saturated carbocycles. The molecule has 0 bridgehead atoms. The summed E-state index contributed by atoms with van der Waals surface area (Å²) in [6, 6.07) is -1.47. The van der Waals surface area contributed by atoms with E-state index < -0.39 is 45.1 Å². The van der Waals surface area contributed by atoms with E-state index in [1.165, 1.54) is 64.2 Å². The molecule has 0 aromatic heterocycles. The molecule has 0 saturated heterocycles. The van der Waals surface area contributed by atoms with Gasteiger partial charge in [-0.05, 0) is 44.9 Å². The Bertz CT molecular complexity index is 837. The van der Waals surface area contributed by atoms with Gasteiger partial charge in [0.05, 0.1) is 19.8 Å². The largest absolute Gasteiger partial charge is 0.480 e. The molecule has 0 rings (SSSR count). The van der Waals surface area contributed by atoms with Gasteiger partial charge in [0.25, 0.3) is 0 Å². The number of hydrogen-bond acceptors (Lipinski definition) is 8. The molecule has 46 heavy (non-hydrogen) atoms. The summed E-state index contributed by atoms with van der Waals surface area (Å²) in [6.07, 6.45) is 30.9. The third-order valence-electron chi connectivity index (χ3n) is 7.48. The fraction of sp³-hybridized carbons (Fsp3) is 0.829. The maximum Gasteiger partial charge on any atom is 0.472 e. The van der Waals surface area contributed by atoms with Crippen molar-refractivity contribution in [1.29, 1.82) is 0 Å². The molecule has 0 fully saturated rings. The van der Waals surface area contributed by atoms with E-state index in [-0.39, 0.29) is 13.0 Å². The SMILES string of the molecule is CCCCC/C=C\C/C=C\CCCCCCCC(=O)OC(COCCCCCCCCCCC)COP(=O)(O)OCC(N)C(=O)O. The minimum atomic E-state index is -4.60. The standard InChI is InChI=1S/C35H66NO9P/c1-3-5-7-9-11-13-14-15-16-17-18-19-21-23-25-27-34(37)45-32(30-43-46(40,41)44-31-33(36)35(38)39)29-42-28-26-24-22-20-12-10-8-6-4-2/h11,13,15-16,32-33H,3-10,12,14,17-31,36H2,1-2H3,(H,38,39)(H,40,41)/b13-11-,16-15-. The Morgan fingerprint density at radius 2 is 1.20 bits per heavy atom. The number of ether oxygens (including phenoxy) is 2. The summed E-state index contributed by atoms with van der Waals surface area (Å²) in [5, 5.41) is 8.84. The molecule has 3 atom stereocenters. The van der Waals surface area contributed by atoms with Crippen molar-refractivity contribution in [3.05, 3.63) is 24.3 Å². The molecule has 0 aliphatic heterocycles. The minimum Gasteiger partial charge on any atom is -0.480 e. The molecule has 0 radical (unpaired) electrons. The Hall–Kier alpha value is -1.55. The van der Waals surface area contributed by atoms with Gasteiger partial charge in [-0.25, -0.2) is 4.57 Å². The van der Waals surface area contributed by atoms with Crippen molar-refractivity contribution in [2.45, 2.75) is 161 Å². The number of allylic oxidation sites excluding steroid dienone is 4. The molecule has 0 spiro atoms. The quantitative estimate of drug-likeness (QED) is 0.0261. The van der Waals surface area contributed by atoms with Gasteiger partial charge >= 0.3 is 19.8 Å². The fourth-order valence-corrected chi connectivity index (χ4v) is 5.41. The number of carboxylic acid groups (broad SMARTS) is 1. The van der Waals surface area contributed by atoms with Gasteiger partial charge in [0.2, 0.25) is 0 Å². The zero-order chi connectivity index (χ0) is 34.1. The predicted molar refractivity (Wildman–Crippen MR) is 185 cm³/mol. The van der Waals surface area contributed by atoms with Crippen LogP contribution in [0.15, 0.2) is 24.3 Å². The highest BCUT2D eigenvalue weighted by Crippen LogP contribution is 2.43. The molecule has 0 heterocycles. The number of unbranched alkanes of at least 4 members (excludes halogenated alkanes) is 16. The third-order valence-corrected chi connectivity index (χ3v) is 8.43. The molecule has 10 nitrogen and oxygen atoms in total. The minimum absolute atomic E-state index is 0.0135. The molecular formula is C35H66NO9P. The lowest BCUT2D eigenvalue weighted by Crippen LogP contribution is -2.34. The number of rotatable bonds is 34. The van der Waals surface area contributed by atoms with E-state index in [2.05, 4.69) is 42.7 Å². The van der Waals surface area contributed by atoms with Gasteiger partial charge in [-0.1, -0.05) is 122 Å². The number of nitrogens with two attached hydrogens (primary N) is 1. The molecule has 0 aliphatic rings. The number of phosphoric ester groups is 1. The van der Waals surface area contributed by atoms with E-state index in [1.54, 1.807) is 0 Å². The first kappa shape index (κ1) is 44.5. The van der Waals surface area contributed by atoms with Crippen LogP contribution in [0.1, 0.15) is 149 Å². The predicted octanol–water partition coefficient (Wildman–Crippen LogP) is 8.80. The molecule has 3 unspecified atom stereocenters. The van der Waals surface area contributed by atoms with Crippen LogP contribution in [0, 0.1) is 0 Å². The number of hydrogen-bond donors (Lipinski definition) is 3. The first-order valence-corrected chi connectivity index (χ1v) is 19.4. The van der Waals surface area contributed by atoms with Crippen LogP contribution in [-0.2, 0) is 32.7 Å². The second-order valence-corrected chi connectivity index (χ2v) is 13.5. The van der Waals surface area contributed by atoms with Crippen LogP contribution in [0.5, 0.6) is 0 Å². The van der Waals surface area contributed by atoms with Crippen molar-refractivity contribution in [2.24, 2.45) is 5.73 Å². The van der Waals surface area contributed by atoms with Crippen molar-refractivity contribution in [2.75, 3.05) is 26.4 Å². The second kappa shape index (κ2) is 32.0. The maximum atomic E-state index is 12.5. The summed E-state index contributed by atoms with van der Waals surface area (Å²) < 4.78 is 33.1. The number of carbonyl (C=O) groups excluding carboxylic acids is 1. The molecular weight excluding hydrogens is 609 g/mol. The zero-order valence-corrected chi connectivity index (χ0v) is 29.8. The molecule has 0 aromatic carbocycles. The summed E-state index contributed by atoms with van der Waals surface area (Å²) in [7, 11) is -4.60. The van der Waals surface area contributed by atoms with Crippen molar-refractivity contribution in [1.82, 2.24) is 0 Å². The van der Waals surface area contributed by atoms with Crippen molar-refractivity contribution in [3.8, 4) is 0 Å². The number of carbonyl (C=O) groups is 2. The van der Waals surface area contributed by atoms with E-state index >= 15 is 0 Å². The van der Waals surface area contributed by atoms with Crippen LogP contribution >= 0.6 is 7.82 Å². The van der Waals surface area contributed by atoms with Crippen LogP contribution in [0.3, 0.4) is 0 Å². The van der Waals surface area contributed by atoms with E-state index in [0.29, 0.717) is 13.0 Å². The second-order valence-electron chi connectivity index (χ2n) is 12.0. The van der Waals surface area contributed by atoms with Crippen LogP contribution < -0.4 is 5.73 Å². The van der Waals surface area contributed by atoms with E-state index in [4.69, 9.17) is 24.8 Å². The van der Waals surface area contributed by atoms with E-state index in [1.807, 2.05) is 0 Å². The Morgan fingerprint density at radius 3 is 1.80 bits per heavy atom. The van der Waals surface area contributed by atoms with Gasteiger partial charge in [-0.3, -0.25) is 18.6 Å². The maximum absolute atomic E-state index is 12.5.